The van der Waals surface area contributed by atoms with Crippen LogP contribution in [0.25, 0.3) is 10.4 Å². The summed E-state index contributed by atoms with van der Waals surface area (Å²) in [6.45, 7) is 2.26. The Morgan fingerprint density at radius 1 is 1.29 bits per heavy atom. The van der Waals surface area contributed by atoms with Gasteiger partial charge >= 0.3 is 5.97 Å². The Hall–Kier alpha value is -3.05. The molecule has 1 aromatic carbocycles. The molecule has 1 aliphatic heterocycles. The number of rotatable bonds is 5. The summed E-state index contributed by atoms with van der Waals surface area (Å²) >= 11 is 0. The summed E-state index contributed by atoms with van der Waals surface area (Å²) in [6, 6.07) is 12.6. The molecule has 3 rings (SSSR count). The summed E-state index contributed by atoms with van der Waals surface area (Å²) < 4.78 is 11.0. The predicted molar refractivity (Wildman–Crippen MR) is 85.9 cm³/mol. The van der Waals surface area contributed by atoms with Gasteiger partial charge in [-0.25, -0.2) is 0 Å². The quantitative estimate of drug-likeness (QED) is 0.363. The first-order valence-electron chi connectivity index (χ1n) is 7.56. The van der Waals surface area contributed by atoms with Gasteiger partial charge in [-0.15, -0.1) is 0 Å². The molecule has 7 heteroatoms. The summed E-state index contributed by atoms with van der Waals surface area (Å²) in [7, 11) is 0. The van der Waals surface area contributed by atoms with Crippen molar-refractivity contribution in [2.24, 2.45) is 11.0 Å². The summed E-state index contributed by atoms with van der Waals surface area (Å²) in [5.41, 5.74) is 10.2. The molecule has 1 aliphatic rings. The van der Waals surface area contributed by atoms with E-state index >= 15 is 0 Å². The maximum atomic E-state index is 11.7. The lowest BCUT2D eigenvalue weighted by molar-refractivity contribution is -0.142. The van der Waals surface area contributed by atoms with Gasteiger partial charge in [-0.05, 0) is 23.2 Å². The van der Waals surface area contributed by atoms with Gasteiger partial charge in [0, 0.05) is 10.8 Å². The number of esters is 1. The number of hydrogen-bond donors (Lipinski definition) is 0. The van der Waals surface area contributed by atoms with Crippen LogP contribution in [0.2, 0.25) is 0 Å². The topological polar surface area (TPSA) is 97.2 Å². The van der Waals surface area contributed by atoms with Crippen LogP contribution in [0.5, 0.6) is 5.75 Å². The minimum atomic E-state index is -0.809. The van der Waals surface area contributed by atoms with Crippen LogP contribution in [0.3, 0.4) is 0 Å². The second-order valence-electron chi connectivity index (χ2n) is 5.56. The molecule has 24 heavy (non-hydrogen) atoms. The molecule has 0 amide bonds. The molecule has 0 bridgehead atoms. The van der Waals surface area contributed by atoms with Crippen molar-refractivity contribution in [2.75, 3.05) is 0 Å². The molecule has 122 valence electrons. The number of nitrogens with zero attached hydrogens (tertiary/aromatic N) is 4. The third-order valence-corrected chi connectivity index (χ3v) is 3.94. The van der Waals surface area contributed by atoms with Crippen LogP contribution in [0, 0.1) is 5.92 Å². The van der Waals surface area contributed by atoms with E-state index in [9.17, 15) is 4.79 Å². The molecule has 1 fully saturated rings. The van der Waals surface area contributed by atoms with E-state index < -0.39 is 18.1 Å². The van der Waals surface area contributed by atoms with Gasteiger partial charge in [0.2, 0.25) is 0 Å². The van der Waals surface area contributed by atoms with Crippen molar-refractivity contribution in [3.63, 3.8) is 0 Å². The highest BCUT2D eigenvalue weighted by atomic mass is 16.6. The van der Waals surface area contributed by atoms with E-state index in [1.165, 1.54) is 0 Å². The van der Waals surface area contributed by atoms with Gasteiger partial charge in [0.15, 0.2) is 0 Å². The number of carbonyl (C=O) groups is 1. The van der Waals surface area contributed by atoms with Gasteiger partial charge in [-0.3, -0.25) is 9.78 Å². The fourth-order valence-corrected chi connectivity index (χ4v) is 2.61. The second-order valence-corrected chi connectivity index (χ2v) is 5.56. The lowest BCUT2D eigenvalue weighted by atomic mass is 9.97. The number of hydrogen-bond acceptors (Lipinski definition) is 5. The van der Waals surface area contributed by atoms with Crippen LogP contribution in [-0.2, 0) is 16.1 Å². The summed E-state index contributed by atoms with van der Waals surface area (Å²) in [5.74, 6) is -0.153. The zero-order chi connectivity index (χ0) is 16.9. The number of pyridine rings is 1. The van der Waals surface area contributed by atoms with E-state index in [4.69, 9.17) is 15.0 Å². The molecule has 7 nitrogen and oxygen atoms in total. The standard InChI is InChI=1S/C17H16N4O3/c1-11-15(20-21-18)17(22)24-16(11)14-8-7-13(9-19-14)23-10-12-5-3-2-4-6-12/h2-9,11,15-16H,10H2,1H3/t11-,15+,16-/m0/s1. The first kappa shape index (κ1) is 15.8. The van der Waals surface area contributed by atoms with Gasteiger partial charge in [0.25, 0.3) is 0 Å². The normalized spacial score (nSPS) is 22.5. The maximum absolute atomic E-state index is 11.7. The van der Waals surface area contributed by atoms with Crippen LogP contribution in [0.4, 0.5) is 0 Å². The van der Waals surface area contributed by atoms with E-state index in [0.29, 0.717) is 18.1 Å². The number of aromatic nitrogens is 1. The first-order valence-corrected chi connectivity index (χ1v) is 7.56. The monoisotopic (exact) mass is 324 g/mol. The van der Waals surface area contributed by atoms with Gasteiger partial charge in [-0.1, -0.05) is 42.4 Å². The first-order chi connectivity index (χ1) is 11.7. The minimum absolute atomic E-state index is 0.267. The molecular formula is C17H16N4O3. The van der Waals surface area contributed by atoms with E-state index in [2.05, 4.69) is 15.0 Å². The smallest absolute Gasteiger partial charge is 0.315 e. The van der Waals surface area contributed by atoms with Gasteiger partial charge in [0.05, 0.1) is 11.9 Å². The highest BCUT2D eigenvalue weighted by molar-refractivity contribution is 5.79. The Morgan fingerprint density at radius 2 is 2.08 bits per heavy atom. The molecular weight excluding hydrogens is 308 g/mol. The minimum Gasteiger partial charge on any atom is -0.487 e. The van der Waals surface area contributed by atoms with E-state index in [-0.39, 0.29) is 5.92 Å². The Kier molecular flexibility index (Phi) is 4.63. The summed E-state index contributed by atoms with van der Waals surface area (Å²) in [5, 5.41) is 3.50. The lowest BCUT2D eigenvalue weighted by Crippen LogP contribution is -2.17. The third kappa shape index (κ3) is 3.31. The van der Waals surface area contributed by atoms with Crippen molar-refractivity contribution in [1.29, 1.82) is 0 Å². The molecule has 0 saturated carbocycles. The Labute approximate surface area is 138 Å². The molecule has 0 radical (unpaired) electrons. The van der Waals surface area contributed by atoms with Crippen LogP contribution in [0.1, 0.15) is 24.3 Å². The number of cyclic esters (lactones) is 1. The molecule has 0 unspecified atom stereocenters. The Balaban J connectivity index is 1.66. The van der Waals surface area contributed by atoms with Crippen LogP contribution < -0.4 is 4.74 Å². The number of carbonyl (C=O) groups excluding carboxylic acids is 1. The average Bonchev–Trinajstić information content (AvgIpc) is 2.90. The van der Waals surface area contributed by atoms with E-state index in [1.807, 2.05) is 30.3 Å². The third-order valence-electron chi connectivity index (χ3n) is 3.94. The second kappa shape index (κ2) is 7.02. The van der Waals surface area contributed by atoms with Crippen molar-refractivity contribution in [1.82, 2.24) is 4.98 Å². The largest absolute Gasteiger partial charge is 0.487 e. The van der Waals surface area contributed by atoms with Crippen molar-refractivity contribution < 1.29 is 14.3 Å². The molecule has 1 aromatic heterocycles. The number of azide groups is 1. The Bertz CT molecular complexity index is 757. The van der Waals surface area contributed by atoms with Crippen molar-refractivity contribution >= 4 is 5.97 Å². The fraction of sp³-hybridized carbons (Fsp3) is 0.294. The summed E-state index contributed by atoms with van der Waals surface area (Å²) in [4.78, 5) is 18.8. The number of ether oxygens (including phenoxy) is 2. The van der Waals surface area contributed by atoms with Crippen molar-refractivity contribution in [2.45, 2.75) is 25.7 Å². The van der Waals surface area contributed by atoms with Gasteiger partial charge < -0.3 is 9.47 Å². The highest BCUT2D eigenvalue weighted by Gasteiger charge is 2.42. The Morgan fingerprint density at radius 3 is 2.75 bits per heavy atom. The van der Waals surface area contributed by atoms with E-state index in [1.54, 1.807) is 25.3 Å². The van der Waals surface area contributed by atoms with Crippen molar-refractivity contribution in [3.8, 4) is 5.75 Å². The van der Waals surface area contributed by atoms with Crippen LogP contribution in [0.15, 0.2) is 53.8 Å². The molecule has 2 heterocycles. The highest BCUT2D eigenvalue weighted by Crippen LogP contribution is 2.36. The SMILES string of the molecule is C[C@@H]1[C@@H](c2ccc(OCc3ccccc3)cn2)OC(=O)[C@@H]1N=[N+]=[N-]. The molecule has 0 N–H and O–H groups in total. The molecule has 0 spiro atoms. The molecule has 0 aliphatic carbocycles. The number of benzene rings is 1. The zero-order valence-electron chi connectivity index (χ0n) is 13.1. The molecule has 1 saturated heterocycles. The maximum Gasteiger partial charge on any atom is 0.315 e. The van der Waals surface area contributed by atoms with Crippen molar-refractivity contribution in [3.05, 3.63) is 70.4 Å². The average molecular weight is 324 g/mol. The zero-order valence-corrected chi connectivity index (χ0v) is 13.1. The fourth-order valence-electron chi connectivity index (χ4n) is 2.61. The van der Waals surface area contributed by atoms with Crippen LogP contribution in [-0.4, -0.2) is 17.0 Å². The molecule has 3 atom stereocenters. The van der Waals surface area contributed by atoms with Gasteiger partial charge in [-0.2, -0.15) is 0 Å². The van der Waals surface area contributed by atoms with E-state index in [0.717, 1.165) is 5.56 Å². The van der Waals surface area contributed by atoms with Crippen LogP contribution >= 0.6 is 0 Å². The molecule has 2 aromatic rings. The lowest BCUT2D eigenvalue weighted by Gasteiger charge is -2.14. The summed E-state index contributed by atoms with van der Waals surface area (Å²) in [6.07, 6.45) is 1.08. The van der Waals surface area contributed by atoms with Gasteiger partial charge in [0.1, 0.15) is 24.5 Å². The predicted octanol–water partition coefficient (Wildman–Crippen LogP) is 3.57.